The van der Waals surface area contributed by atoms with Gasteiger partial charge in [-0.1, -0.05) is 44.2 Å². The van der Waals surface area contributed by atoms with Crippen molar-refractivity contribution < 1.29 is 14.0 Å². The third-order valence-corrected chi connectivity index (χ3v) is 7.10. The minimum absolute atomic E-state index is 0.236. The quantitative estimate of drug-likeness (QED) is 0.487. The van der Waals surface area contributed by atoms with E-state index in [1.54, 1.807) is 23.5 Å². The highest BCUT2D eigenvalue weighted by Crippen LogP contribution is 2.41. The van der Waals surface area contributed by atoms with Crippen molar-refractivity contribution in [3.8, 4) is 16.3 Å². The molecule has 1 aromatic carbocycles. The molecule has 0 N–H and O–H groups in total. The van der Waals surface area contributed by atoms with E-state index in [1.165, 1.54) is 16.7 Å². The Morgan fingerprint density at radius 1 is 1.32 bits per heavy atom. The van der Waals surface area contributed by atoms with Gasteiger partial charge in [-0.3, -0.25) is 0 Å². The SMILES string of the molecule is Cc1nn(-c2nc(N3CCC(C)C3)c(SC(C)C)s2)cc1-c1cccc(F)c1.O=C=O. The van der Waals surface area contributed by atoms with E-state index >= 15 is 0 Å². The van der Waals surface area contributed by atoms with Gasteiger partial charge in [-0.2, -0.15) is 19.7 Å². The maximum atomic E-state index is 13.7. The monoisotopic (exact) mass is 460 g/mol. The number of rotatable bonds is 5. The molecule has 1 saturated heterocycles. The van der Waals surface area contributed by atoms with Crippen LogP contribution in [0.4, 0.5) is 10.2 Å². The molecule has 3 aromatic rings. The molecule has 0 amide bonds. The standard InChI is InChI=1S/C21H25FN4S2.CO2/c1-13(2)27-20-19(25-9-8-14(3)11-25)23-21(28-20)26-12-18(15(4)24-26)16-6-5-7-17(22)10-16;2-1-3/h5-7,10,12-14H,8-9,11H2,1-4H3;. The first kappa shape index (κ1) is 23.2. The molecule has 1 unspecified atom stereocenters. The van der Waals surface area contributed by atoms with Crippen molar-refractivity contribution in [2.75, 3.05) is 18.0 Å². The number of thioether (sulfide) groups is 1. The summed E-state index contributed by atoms with van der Waals surface area (Å²) in [7, 11) is 0. The summed E-state index contributed by atoms with van der Waals surface area (Å²) in [6.07, 6.45) is 3.42. The zero-order valence-electron chi connectivity index (χ0n) is 18.0. The second kappa shape index (κ2) is 10.2. The fourth-order valence-electron chi connectivity index (χ4n) is 3.50. The molecule has 0 spiro atoms. The van der Waals surface area contributed by atoms with Crippen LogP contribution >= 0.6 is 23.1 Å². The second-order valence-corrected chi connectivity index (χ2v) is 10.6. The van der Waals surface area contributed by atoms with Gasteiger partial charge < -0.3 is 4.90 Å². The molecule has 6 nitrogen and oxygen atoms in total. The van der Waals surface area contributed by atoms with Crippen molar-refractivity contribution in [3.63, 3.8) is 0 Å². The van der Waals surface area contributed by atoms with Crippen molar-refractivity contribution in [1.82, 2.24) is 14.8 Å². The van der Waals surface area contributed by atoms with E-state index in [2.05, 4.69) is 30.8 Å². The van der Waals surface area contributed by atoms with Gasteiger partial charge in [0, 0.05) is 30.1 Å². The molecule has 3 heterocycles. The second-order valence-electron chi connectivity index (χ2n) is 7.78. The Labute approximate surface area is 189 Å². The lowest BCUT2D eigenvalue weighted by molar-refractivity contribution is -0.191. The van der Waals surface area contributed by atoms with Crippen LogP contribution in [0.5, 0.6) is 0 Å². The van der Waals surface area contributed by atoms with E-state index < -0.39 is 0 Å². The first-order chi connectivity index (χ1) is 14.8. The summed E-state index contributed by atoms with van der Waals surface area (Å²) < 4.78 is 16.7. The van der Waals surface area contributed by atoms with E-state index in [1.807, 2.05) is 35.6 Å². The number of anilines is 1. The lowest BCUT2D eigenvalue weighted by Crippen LogP contribution is -2.20. The summed E-state index contributed by atoms with van der Waals surface area (Å²) >= 11 is 3.55. The van der Waals surface area contributed by atoms with Crippen LogP contribution in [0.25, 0.3) is 16.3 Å². The Hall–Kier alpha value is -2.48. The first-order valence-corrected chi connectivity index (χ1v) is 11.8. The van der Waals surface area contributed by atoms with Gasteiger partial charge in [0.1, 0.15) is 10.0 Å². The fourth-order valence-corrected chi connectivity index (χ4v) is 5.95. The molecule has 0 bridgehead atoms. The van der Waals surface area contributed by atoms with Gasteiger partial charge >= 0.3 is 6.15 Å². The summed E-state index contributed by atoms with van der Waals surface area (Å²) in [5.41, 5.74) is 2.64. The molecule has 9 heteroatoms. The van der Waals surface area contributed by atoms with Crippen molar-refractivity contribution in [3.05, 3.63) is 42.0 Å². The highest BCUT2D eigenvalue weighted by molar-refractivity contribution is 8.01. The third-order valence-electron chi connectivity index (χ3n) is 4.86. The van der Waals surface area contributed by atoms with Crippen LogP contribution < -0.4 is 4.90 Å². The highest BCUT2D eigenvalue weighted by atomic mass is 32.2. The van der Waals surface area contributed by atoms with Gasteiger partial charge in [-0.15, -0.1) is 11.8 Å². The number of benzene rings is 1. The van der Waals surface area contributed by atoms with Crippen molar-refractivity contribution in [2.24, 2.45) is 5.92 Å². The van der Waals surface area contributed by atoms with E-state index in [0.29, 0.717) is 11.2 Å². The Morgan fingerprint density at radius 2 is 2.06 bits per heavy atom. The van der Waals surface area contributed by atoms with Crippen LogP contribution in [0.1, 0.15) is 32.9 Å². The molecule has 1 aliphatic heterocycles. The van der Waals surface area contributed by atoms with Gasteiger partial charge in [-0.05, 0) is 37.0 Å². The lowest BCUT2D eigenvalue weighted by Gasteiger charge is -2.17. The fraction of sp³-hybridized carbons (Fsp3) is 0.409. The Morgan fingerprint density at radius 3 is 2.68 bits per heavy atom. The molecule has 0 saturated carbocycles. The van der Waals surface area contributed by atoms with Gasteiger partial charge in [-0.25, -0.2) is 9.07 Å². The van der Waals surface area contributed by atoms with Gasteiger partial charge in [0.2, 0.25) is 5.13 Å². The molecular formula is C22H25FN4O2S2. The Bertz CT molecular complexity index is 1070. The molecule has 2 aromatic heterocycles. The molecular weight excluding hydrogens is 435 g/mol. The first-order valence-electron chi connectivity index (χ1n) is 10.1. The molecule has 4 rings (SSSR count). The molecule has 1 fully saturated rings. The van der Waals surface area contributed by atoms with Crippen molar-refractivity contribution >= 4 is 35.1 Å². The maximum absolute atomic E-state index is 13.7. The molecule has 1 aliphatic rings. The zero-order valence-corrected chi connectivity index (χ0v) is 19.6. The number of aryl methyl sites for hydroxylation is 1. The normalized spacial score (nSPS) is 15.7. The number of halogens is 1. The maximum Gasteiger partial charge on any atom is 0.373 e. The molecule has 31 heavy (non-hydrogen) atoms. The van der Waals surface area contributed by atoms with Crippen LogP contribution in [-0.2, 0) is 9.59 Å². The number of nitrogens with zero attached hydrogens (tertiary/aromatic N) is 4. The van der Waals surface area contributed by atoms with Crippen LogP contribution in [0.2, 0.25) is 0 Å². The number of hydrogen-bond acceptors (Lipinski definition) is 7. The average molecular weight is 461 g/mol. The Balaban J connectivity index is 0.000000858. The van der Waals surface area contributed by atoms with E-state index in [4.69, 9.17) is 14.6 Å². The van der Waals surface area contributed by atoms with Crippen LogP contribution in [0, 0.1) is 18.7 Å². The third kappa shape index (κ3) is 5.61. The van der Waals surface area contributed by atoms with Crippen molar-refractivity contribution in [1.29, 1.82) is 0 Å². The van der Waals surface area contributed by atoms with E-state index in [0.717, 1.165) is 40.9 Å². The van der Waals surface area contributed by atoms with Crippen LogP contribution in [0.15, 0.2) is 34.7 Å². The molecule has 1 atom stereocenters. The predicted octanol–water partition coefficient (Wildman–Crippen LogP) is 5.21. The topological polar surface area (TPSA) is 68.1 Å². The number of carbonyl (C=O) groups excluding carboxylic acids is 2. The van der Waals surface area contributed by atoms with Gasteiger partial charge in [0.25, 0.3) is 0 Å². The average Bonchev–Trinajstić information content (AvgIpc) is 3.40. The summed E-state index contributed by atoms with van der Waals surface area (Å²) in [6.45, 7) is 10.8. The summed E-state index contributed by atoms with van der Waals surface area (Å²) in [5, 5.41) is 6.04. The smallest absolute Gasteiger partial charge is 0.355 e. The minimum Gasteiger partial charge on any atom is -0.355 e. The van der Waals surface area contributed by atoms with E-state index in [9.17, 15) is 4.39 Å². The minimum atomic E-state index is -0.236. The summed E-state index contributed by atoms with van der Waals surface area (Å²) in [4.78, 5) is 23.6. The summed E-state index contributed by atoms with van der Waals surface area (Å²) in [5.74, 6) is 1.55. The predicted molar refractivity (Wildman–Crippen MR) is 121 cm³/mol. The number of aromatic nitrogens is 3. The molecule has 164 valence electrons. The Kier molecular flexibility index (Phi) is 7.64. The van der Waals surface area contributed by atoms with Crippen LogP contribution in [0.3, 0.4) is 0 Å². The zero-order chi connectivity index (χ0) is 22.5. The van der Waals surface area contributed by atoms with Crippen molar-refractivity contribution in [2.45, 2.75) is 43.6 Å². The van der Waals surface area contributed by atoms with Crippen LogP contribution in [-0.4, -0.2) is 39.3 Å². The summed E-state index contributed by atoms with van der Waals surface area (Å²) in [6, 6.07) is 6.65. The largest absolute Gasteiger partial charge is 0.373 e. The lowest BCUT2D eigenvalue weighted by atomic mass is 10.1. The highest BCUT2D eigenvalue weighted by Gasteiger charge is 2.26. The van der Waals surface area contributed by atoms with Gasteiger partial charge in [0.15, 0.2) is 5.82 Å². The molecule has 0 aliphatic carbocycles. The molecule has 0 radical (unpaired) electrons. The number of hydrogen-bond donors (Lipinski definition) is 0. The number of thiazole rings is 1. The van der Waals surface area contributed by atoms with E-state index in [-0.39, 0.29) is 12.0 Å². The van der Waals surface area contributed by atoms with Gasteiger partial charge in [0.05, 0.1) is 5.69 Å².